The number of hydrogen-bond donors (Lipinski definition) is 0. The lowest BCUT2D eigenvalue weighted by molar-refractivity contribution is -0.645. The van der Waals surface area contributed by atoms with E-state index >= 15 is 0 Å². The number of hydrogen-bond acceptors (Lipinski definition) is 0. The Kier molecular flexibility index (Phi) is 2.88. The van der Waals surface area contributed by atoms with Crippen molar-refractivity contribution in [3.05, 3.63) is 37.2 Å². The smallest absolute Gasteiger partial charge is 0.249 e. The second-order valence-electron chi connectivity index (χ2n) is 2.80. The average Bonchev–Trinajstić information content (AvgIpc) is 2.44. The summed E-state index contributed by atoms with van der Waals surface area (Å²) in [5.41, 5.74) is 2.41. The van der Waals surface area contributed by atoms with Crippen LogP contribution < -0.4 is 21.5 Å². The zero-order valence-electron chi connectivity index (χ0n) is 7.44. The first-order chi connectivity index (χ1) is 5.83. The van der Waals surface area contributed by atoms with Gasteiger partial charge in [-0.3, -0.25) is 0 Å². The molecular formula is C10H11BrN2. The van der Waals surface area contributed by atoms with E-state index in [1.54, 1.807) is 0 Å². The number of imidazole rings is 1. The van der Waals surface area contributed by atoms with E-state index < -0.39 is 0 Å². The van der Waals surface area contributed by atoms with Crippen molar-refractivity contribution in [2.24, 2.45) is 7.05 Å². The lowest BCUT2D eigenvalue weighted by Crippen LogP contribution is -3.00. The van der Waals surface area contributed by atoms with Crippen LogP contribution in [0, 0.1) is 0 Å². The van der Waals surface area contributed by atoms with E-state index in [0.717, 1.165) is 0 Å². The average molecular weight is 239 g/mol. The Labute approximate surface area is 87.9 Å². The molecule has 0 N–H and O–H groups in total. The number of para-hydroxylation sites is 2. The summed E-state index contributed by atoms with van der Waals surface area (Å²) in [7, 11) is 2.03. The summed E-state index contributed by atoms with van der Waals surface area (Å²) >= 11 is 0. The molecule has 0 radical (unpaired) electrons. The molecule has 0 fully saturated rings. The van der Waals surface area contributed by atoms with Gasteiger partial charge in [-0.2, -0.15) is 0 Å². The molecule has 0 atom stereocenters. The van der Waals surface area contributed by atoms with Crippen molar-refractivity contribution < 1.29 is 21.5 Å². The second-order valence-corrected chi connectivity index (χ2v) is 2.80. The third-order valence-corrected chi connectivity index (χ3v) is 2.03. The molecule has 0 unspecified atom stereocenters. The number of fused-ring (bicyclic) bond motifs is 1. The number of aryl methyl sites for hydroxylation is 1. The van der Waals surface area contributed by atoms with Crippen LogP contribution in [0.1, 0.15) is 0 Å². The van der Waals surface area contributed by atoms with E-state index in [0.29, 0.717) is 0 Å². The first kappa shape index (κ1) is 9.99. The van der Waals surface area contributed by atoms with E-state index in [-0.39, 0.29) is 17.0 Å². The molecule has 68 valence electrons. The Bertz CT molecular complexity index is 431. The van der Waals surface area contributed by atoms with Crippen LogP contribution in [-0.2, 0) is 7.05 Å². The third-order valence-electron chi connectivity index (χ3n) is 2.03. The van der Waals surface area contributed by atoms with E-state index in [4.69, 9.17) is 0 Å². The fraction of sp³-hybridized carbons (Fsp3) is 0.100. The van der Waals surface area contributed by atoms with Gasteiger partial charge in [0.1, 0.15) is 0 Å². The first-order valence-electron chi connectivity index (χ1n) is 3.90. The number of aromatic nitrogens is 2. The van der Waals surface area contributed by atoms with Crippen molar-refractivity contribution in [1.29, 1.82) is 0 Å². The normalized spacial score (nSPS) is 9.62. The lowest BCUT2D eigenvalue weighted by atomic mass is 10.3. The Morgan fingerprint density at radius 1 is 1.38 bits per heavy atom. The molecule has 2 aromatic rings. The SMILES string of the molecule is C=Cn1c[n+](C)c2ccccc21.[Br-]. The highest BCUT2D eigenvalue weighted by Crippen LogP contribution is 2.09. The maximum Gasteiger partial charge on any atom is 0.249 e. The van der Waals surface area contributed by atoms with Gasteiger partial charge in [0.15, 0.2) is 11.0 Å². The summed E-state index contributed by atoms with van der Waals surface area (Å²) in [6.45, 7) is 3.74. The van der Waals surface area contributed by atoms with Crippen LogP contribution >= 0.6 is 0 Å². The maximum absolute atomic E-state index is 3.74. The first-order valence-corrected chi connectivity index (χ1v) is 3.90. The lowest BCUT2D eigenvalue weighted by Gasteiger charge is -1.85. The fourth-order valence-corrected chi connectivity index (χ4v) is 1.44. The molecular weight excluding hydrogens is 228 g/mol. The zero-order chi connectivity index (χ0) is 8.55. The van der Waals surface area contributed by atoms with Crippen molar-refractivity contribution in [2.45, 2.75) is 0 Å². The Hall–Kier alpha value is -1.09. The van der Waals surface area contributed by atoms with Crippen LogP contribution in [0.4, 0.5) is 0 Å². The summed E-state index contributed by atoms with van der Waals surface area (Å²) in [4.78, 5) is 0. The Balaban J connectivity index is 0.000000845. The molecule has 1 aromatic heterocycles. The summed E-state index contributed by atoms with van der Waals surface area (Å²) in [5.74, 6) is 0. The molecule has 0 saturated heterocycles. The Morgan fingerprint density at radius 3 is 2.77 bits per heavy atom. The van der Waals surface area contributed by atoms with Crippen molar-refractivity contribution >= 4 is 17.2 Å². The van der Waals surface area contributed by atoms with Gasteiger partial charge in [0, 0.05) is 0 Å². The largest absolute Gasteiger partial charge is 1.00 e. The molecule has 0 spiro atoms. The minimum Gasteiger partial charge on any atom is -1.00 e. The van der Waals surface area contributed by atoms with Crippen LogP contribution in [0.5, 0.6) is 0 Å². The van der Waals surface area contributed by atoms with Crippen LogP contribution in [-0.4, -0.2) is 4.57 Å². The van der Waals surface area contributed by atoms with Gasteiger partial charge in [0.05, 0.1) is 13.2 Å². The summed E-state index contributed by atoms with van der Waals surface area (Å²) in [6.07, 6.45) is 3.82. The van der Waals surface area contributed by atoms with E-state index in [1.165, 1.54) is 11.0 Å². The minimum absolute atomic E-state index is 0. The van der Waals surface area contributed by atoms with Crippen LogP contribution in [0.2, 0.25) is 0 Å². The zero-order valence-corrected chi connectivity index (χ0v) is 9.03. The van der Waals surface area contributed by atoms with Gasteiger partial charge in [-0.15, -0.1) is 0 Å². The van der Waals surface area contributed by atoms with Gasteiger partial charge in [0.25, 0.3) is 0 Å². The van der Waals surface area contributed by atoms with Crippen molar-refractivity contribution in [2.75, 3.05) is 0 Å². The summed E-state index contributed by atoms with van der Waals surface area (Å²) < 4.78 is 4.09. The van der Waals surface area contributed by atoms with E-state index in [1.807, 2.05) is 36.3 Å². The minimum atomic E-state index is 0. The van der Waals surface area contributed by atoms with Gasteiger partial charge in [-0.25, -0.2) is 9.13 Å². The van der Waals surface area contributed by atoms with Crippen LogP contribution in [0.3, 0.4) is 0 Å². The number of rotatable bonds is 1. The van der Waals surface area contributed by atoms with E-state index in [2.05, 4.69) is 23.3 Å². The van der Waals surface area contributed by atoms with Gasteiger partial charge < -0.3 is 17.0 Å². The standard InChI is InChI=1S/C10H11N2.BrH/c1-3-12-8-11(2)9-6-4-5-7-10(9)12;/h3-8H,1H2,2H3;1H/q+1;/p-1. The predicted octanol–water partition coefficient (Wildman–Crippen LogP) is -1.43. The molecule has 0 aliphatic heterocycles. The van der Waals surface area contributed by atoms with Gasteiger partial charge in [-0.1, -0.05) is 18.7 Å². The van der Waals surface area contributed by atoms with Crippen LogP contribution in [0.15, 0.2) is 37.2 Å². The molecule has 0 aliphatic carbocycles. The molecule has 2 rings (SSSR count). The van der Waals surface area contributed by atoms with Gasteiger partial charge in [0.2, 0.25) is 6.33 Å². The Morgan fingerprint density at radius 2 is 2.08 bits per heavy atom. The van der Waals surface area contributed by atoms with Gasteiger partial charge >= 0.3 is 0 Å². The molecule has 0 bridgehead atoms. The summed E-state index contributed by atoms with van der Waals surface area (Å²) in [6, 6.07) is 8.24. The quantitative estimate of drug-likeness (QED) is 0.540. The molecule has 2 nitrogen and oxygen atoms in total. The second kappa shape index (κ2) is 3.75. The topological polar surface area (TPSA) is 8.81 Å². The molecule has 3 heteroatoms. The van der Waals surface area contributed by atoms with E-state index in [9.17, 15) is 0 Å². The van der Waals surface area contributed by atoms with Gasteiger partial charge in [-0.05, 0) is 12.1 Å². The highest BCUT2D eigenvalue weighted by Gasteiger charge is 2.08. The maximum atomic E-state index is 3.74. The number of halogens is 1. The fourth-order valence-electron chi connectivity index (χ4n) is 1.44. The number of benzene rings is 1. The molecule has 1 aromatic carbocycles. The highest BCUT2D eigenvalue weighted by atomic mass is 79.9. The molecule has 13 heavy (non-hydrogen) atoms. The highest BCUT2D eigenvalue weighted by molar-refractivity contribution is 5.73. The predicted molar refractivity (Wildman–Crippen MR) is 49.5 cm³/mol. The van der Waals surface area contributed by atoms with Crippen LogP contribution in [0.25, 0.3) is 17.2 Å². The monoisotopic (exact) mass is 238 g/mol. The number of nitrogens with zero attached hydrogens (tertiary/aromatic N) is 2. The van der Waals surface area contributed by atoms with Crippen molar-refractivity contribution in [1.82, 2.24) is 4.57 Å². The molecule has 0 saturated carbocycles. The van der Waals surface area contributed by atoms with Crippen molar-refractivity contribution in [3.63, 3.8) is 0 Å². The van der Waals surface area contributed by atoms with Crippen molar-refractivity contribution in [3.8, 4) is 0 Å². The molecule has 1 heterocycles. The molecule has 0 amide bonds. The third kappa shape index (κ3) is 1.52. The summed E-state index contributed by atoms with van der Waals surface area (Å²) in [5, 5.41) is 0. The molecule has 0 aliphatic rings.